The summed E-state index contributed by atoms with van der Waals surface area (Å²) in [6.45, 7) is 10.7. The average Bonchev–Trinajstić information content (AvgIpc) is 3.30. The summed E-state index contributed by atoms with van der Waals surface area (Å²) in [5, 5.41) is 7.00. The predicted molar refractivity (Wildman–Crippen MR) is 173 cm³/mol. The van der Waals surface area contributed by atoms with E-state index in [1.165, 1.54) is 12.8 Å². The molecule has 0 radical (unpaired) electrons. The second kappa shape index (κ2) is 10.8. The Morgan fingerprint density at radius 1 is 1.11 bits per heavy atom. The second-order valence-electron chi connectivity index (χ2n) is 14.2. The summed E-state index contributed by atoms with van der Waals surface area (Å²) in [6, 6.07) is 9.75. The Morgan fingerprint density at radius 3 is 2.53 bits per heavy atom. The van der Waals surface area contributed by atoms with E-state index in [2.05, 4.69) is 27.3 Å². The van der Waals surface area contributed by atoms with Crippen LogP contribution in [0.1, 0.15) is 87.6 Å². The van der Waals surface area contributed by atoms with E-state index in [0.717, 1.165) is 59.6 Å². The molecule has 11 nitrogen and oxygen atoms in total. The Hall–Kier alpha value is -4.12. The van der Waals surface area contributed by atoms with E-state index in [9.17, 15) is 9.59 Å². The number of amides is 3. The number of carbonyl (C=O) groups is 2. The van der Waals surface area contributed by atoms with Gasteiger partial charge in [-0.2, -0.15) is 0 Å². The highest BCUT2D eigenvalue weighted by atomic mass is 16.5. The van der Waals surface area contributed by atoms with Crippen LogP contribution in [0.5, 0.6) is 5.88 Å². The molecule has 0 unspecified atom stereocenters. The Morgan fingerprint density at radius 2 is 1.89 bits per heavy atom. The summed E-state index contributed by atoms with van der Waals surface area (Å²) < 4.78 is 10.1. The van der Waals surface area contributed by atoms with Crippen molar-refractivity contribution in [3.8, 4) is 17.3 Å². The number of hydrogen-bond donors (Lipinski definition) is 3. The molecule has 45 heavy (non-hydrogen) atoms. The van der Waals surface area contributed by atoms with Gasteiger partial charge in [0.1, 0.15) is 17.0 Å². The van der Waals surface area contributed by atoms with Gasteiger partial charge in [-0.1, -0.05) is 0 Å². The molecule has 2 aliphatic heterocycles. The molecular weight excluding hydrogens is 568 g/mol. The third-order valence-corrected chi connectivity index (χ3v) is 9.62. The van der Waals surface area contributed by atoms with Crippen molar-refractivity contribution < 1.29 is 14.3 Å². The summed E-state index contributed by atoms with van der Waals surface area (Å²) in [5.74, 6) is 1.16. The number of methoxy groups -OCH3 is 1. The summed E-state index contributed by atoms with van der Waals surface area (Å²) in [6.07, 6.45) is 5.22. The maximum Gasteiger partial charge on any atom is 0.315 e. The molecule has 1 saturated carbocycles. The lowest BCUT2D eigenvalue weighted by atomic mass is 9.97. The number of nitrogens with one attached hydrogen (secondary N) is 2. The van der Waals surface area contributed by atoms with Gasteiger partial charge in [0.25, 0.3) is 5.91 Å². The van der Waals surface area contributed by atoms with Crippen LogP contribution in [-0.2, 0) is 6.54 Å². The van der Waals surface area contributed by atoms with Crippen molar-refractivity contribution in [3.05, 3.63) is 47.3 Å². The van der Waals surface area contributed by atoms with E-state index in [0.29, 0.717) is 23.0 Å². The lowest BCUT2D eigenvalue weighted by molar-refractivity contribution is 0.0726. The zero-order valence-electron chi connectivity index (χ0n) is 27.1. The zero-order chi connectivity index (χ0) is 31.8. The normalized spacial score (nSPS) is 21.9. The number of aryl methyl sites for hydroxylation is 1. The van der Waals surface area contributed by atoms with Crippen molar-refractivity contribution in [2.24, 2.45) is 11.7 Å². The molecule has 4 aromatic rings. The molecule has 7 rings (SSSR count). The first-order valence-corrected chi connectivity index (χ1v) is 16.2. The van der Waals surface area contributed by atoms with Gasteiger partial charge in [0, 0.05) is 47.2 Å². The van der Waals surface area contributed by atoms with Crippen LogP contribution in [0.4, 0.5) is 4.79 Å². The Balaban J connectivity index is 1.27. The highest BCUT2D eigenvalue weighted by molar-refractivity contribution is 5.97. The van der Waals surface area contributed by atoms with Crippen LogP contribution >= 0.6 is 0 Å². The summed E-state index contributed by atoms with van der Waals surface area (Å²) in [7, 11) is 1.63. The Bertz CT molecular complexity index is 1810. The van der Waals surface area contributed by atoms with E-state index in [1.54, 1.807) is 7.11 Å². The molecule has 2 saturated heterocycles. The van der Waals surface area contributed by atoms with Crippen molar-refractivity contribution in [2.75, 3.05) is 7.11 Å². The molecule has 3 aliphatic rings. The molecule has 11 heteroatoms. The number of nitrogens with zero attached hydrogens (tertiary/aromatic N) is 5. The quantitative estimate of drug-likeness (QED) is 0.271. The molecule has 4 aromatic heterocycles. The predicted octanol–water partition coefficient (Wildman–Crippen LogP) is 4.94. The van der Waals surface area contributed by atoms with Gasteiger partial charge < -0.3 is 30.6 Å². The molecule has 0 spiro atoms. The molecule has 2 bridgehead atoms. The number of hydrogen-bond acceptors (Lipinski definition) is 6. The highest BCUT2D eigenvalue weighted by Gasteiger charge is 2.47. The van der Waals surface area contributed by atoms with Gasteiger partial charge in [-0.3, -0.25) is 9.20 Å². The van der Waals surface area contributed by atoms with Gasteiger partial charge in [-0.05, 0) is 96.9 Å². The number of ether oxygens (including phenoxy) is 1. The molecule has 4 N–H and O–H groups in total. The number of pyridine rings is 2. The Kier molecular flexibility index (Phi) is 7.07. The van der Waals surface area contributed by atoms with Crippen LogP contribution in [0.25, 0.3) is 28.1 Å². The third kappa shape index (κ3) is 5.30. The van der Waals surface area contributed by atoms with E-state index in [1.807, 2.05) is 62.1 Å². The summed E-state index contributed by atoms with van der Waals surface area (Å²) in [5.41, 5.74) is 11.7. The van der Waals surface area contributed by atoms with E-state index < -0.39 is 0 Å². The van der Waals surface area contributed by atoms with Crippen LogP contribution in [-0.4, -0.2) is 66.5 Å². The molecule has 1 aliphatic carbocycles. The van der Waals surface area contributed by atoms with Crippen LogP contribution in [0.2, 0.25) is 0 Å². The monoisotopic (exact) mass is 612 g/mol. The van der Waals surface area contributed by atoms with Gasteiger partial charge in [0.05, 0.1) is 30.2 Å². The molecule has 0 aromatic carbocycles. The number of fused-ring (bicyclic) bond motifs is 4. The topological polar surface area (TPSA) is 132 Å². The molecule has 4 atom stereocenters. The number of imidazole rings is 1. The van der Waals surface area contributed by atoms with E-state index >= 15 is 0 Å². The first-order chi connectivity index (χ1) is 21.4. The summed E-state index contributed by atoms with van der Waals surface area (Å²) in [4.78, 5) is 38.5. The van der Waals surface area contributed by atoms with Gasteiger partial charge in [0.15, 0.2) is 5.88 Å². The van der Waals surface area contributed by atoms with Crippen LogP contribution in [0.3, 0.4) is 0 Å². The maximum atomic E-state index is 13.8. The SMILES string of the molecule is COc1cc(C(=O)N2[C@H]3CC[C@@H]2[C@H](N)C3)cc2nc(-c3cc4ccc([C@@H](C)NC(=O)NC(C)(C)C)nc4n3CC3CC3)c(C)n12. The van der Waals surface area contributed by atoms with Crippen LogP contribution in [0.15, 0.2) is 30.3 Å². The Labute approximate surface area is 263 Å². The van der Waals surface area contributed by atoms with Crippen molar-refractivity contribution >= 4 is 28.6 Å². The number of aromatic nitrogens is 4. The maximum absolute atomic E-state index is 13.8. The molecule has 3 fully saturated rings. The average molecular weight is 613 g/mol. The van der Waals surface area contributed by atoms with Crippen molar-refractivity contribution in [3.63, 3.8) is 0 Å². The van der Waals surface area contributed by atoms with Gasteiger partial charge in [-0.25, -0.2) is 14.8 Å². The third-order valence-electron chi connectivity index (χ3n) is 9.62. The largest absolute Gasteiger partial charge is 0.482 e. The minimum absolute atomic E-state index is 0.00283. The molecule has 3 amide bonds. The van der Waals surface area contributed by atoms with Crippen molar-refractivity contribution in [1.82, 2.24) is 34.5 Å². The van der Waals surface area contributed by atoms with Crippen LogP contribution in [0, 0.1) is 12.8 Å². The standard InChI is InChI=1S/C34H44N8O3/c1-18(36-33(44)39-34(3,4)5)25-11-9-21-13-27(40(31(21)37-25)17-20-7-8-20)30-19(2)41-28(38-30)14-22(15-29(41)45-6)32(43)42-23-10-12-26(42)24(35)16-23/h9,11,13-15,18,20,23-24,26H,7-8,10,12,16-17,35H2,1-6H3,(H2,36,39,44)/t18-,23+,24-,26-/m1/s1. The highest BCUT2D eigenvalue weighted by Crippen LogP contribution is 2.40. The lowest BCUT2D eigenvalue weighted by Gasteiger charge is -2.23. The second-order valence-corrected chi connectivity index (χ2v) is 14.2. The van der Waals surface area contributed by atoms with Crippen molar-refractivity contribution in [2.45, 2.75) is 103 Å². The molecule has 6 heterocycles. The summed E-state index contributed by atoms with van der Waals surface area (Å²) >= 11 is 0. The number of nitrogens with two attached hydrogens (primary N) is 1. The zero-order valence-corrected chi connectivity index (χ0v) is 27.1. The fourth-order valence-electron chi connectivity index (χ4n) is 7.26. The van der Waals surface area contributed by atoms with Gasteiger partial charge in [0.2, 0.25) is 0 Å². The number of carbonyl (C=O) groups excluding carboxylic acids is 2. The minimum Gasteiger partial charge on any atom is -0.482 e. The first kappa shape index (κ1) is 29.6. The molecule has 238 valence electrons. The lowest BCUT2D eigenvalue weighted by Crippen LogP contribution is -2.47. The van der Waals surface area contributed by atoms with E-state index in [4.69, 9.17) is 20.4 Å². The number of rotatable bonds is 7. The van der Waals surface area contributed by atoms with E-state index in [-0.39, 0.29) is 41.6 Å². The van der Waals surface area contributed by atoms with Gasteiger partial charge >= 0.3 is 6.03 Å². The fraction of sp³-hybridized carbons (Fsp3) is 0.529. The number of urea groups is 1. The minimum atomic E-state index is -0.334. The van der Waals surface area contributed by atoms with Crippen LogP contribution < -0.4 is 21.1 Å². The first-order valence-electron chi connectivity index (χ1n) is 16.2. The van der Waals surface area contributed by atoms with Crippen molar-refractivity contribution in [1.29, 1.82) is 0 Å². The van der Waals surface area contributed by atoms with Gasteiger partial charge in [-0.15, -0.1) is 0 Å². The molecular formula is C34H44N8O3. The fourth-order valence-corrected chi connectivity index (χ4v) is 7.26. The smallest absolute Gasteiger partial charge is 0.315 e.